The number of aromatic nitrogens is 1. The van der Waals surface area contributed by atoms with Gasteiger partial charge in [0.2, 0.25) is 11.6 Å². The standard InChI is InChI=1S/C19H18BrN3O2S2/c1-2-3-8-21-19-23(14(11-26-19)17-6-7-18(20)27-17)22-10-13-4-5-15-16(9-13)25-12-24-15/h4-7,9-11H,2-3,8,12H2,1H3/b21-19?,22-10+. The van der Waals surface area contributed by atoms with Crippen LogP contribution >= 0.6 is 38.6 Å². The monoisotopic (exact) mass is 463 g/mol. The van der Waals surface area contributed by atoms with E-state index < -0.39 is 0 Å². The number of halogens is 1. The van der Waals surface area contributed by atoms with Crippen molar-refractivity contribution >= 4 is 44.8 Å². The number of thiazole rings is 1. The van der Waals surface area contributed by atoms with E-state index in [1.54, 1.807) is 22.7 Å². The Morgan fingerprint density at radius 1 is 1.22 bits per heavy atom. The second kappa shape index (κ2) is 8.41. The largest absolute Gasteiger partial charge is 0.454 e. The molecular formula is C19H18BrN3O2S2. The van der Waals surface area contributed by atoms with Gasteiger partial charge in [0.05, 0.1) is 20.6 Å². The molecule has 0 aliphatic carbocycles. The van der Waals surface area contributed by atoms with Crippen LogP contribution in [0.5, 0.6) is 11.5 Å². The highest BCUT2D eigenvalue weighted by Gasteiger charge is 2.13. The Morgan fingerprint density at radius 2 is 2.11 bits per heavy atom. The zero-order chi connectivity index (χ0) is 18.6. The third kappa shape index (κ3) is 4.17. The summed E-state index contributed by atoms with van der Waals surface area (Å²) in [4.78, 5) is 6.79. The van der Waals surface area contributed by atoms with E-state index in [-0.39, 0.29) is 6.79 Å². The summed E-state index contributed by atoms with van der Waals surface area (Å²) in [7, 11) is 0. The normalized spacial score (nSPS) is 13.8. The highest BCUT2D eigenvalue weighted by molar-refractivity contribution is 9.11. The maximum Gasteiger partial charge on any atom is 0.231 e. The summed E-state index contributed by atoms with van der Waals surface area (Å²) in [5.41, 5.74) is 2.00. The summed E-state index contributed by atoms with van der Waals surface area (Å²) >= 11 is 6.84. The molecule has 1 aliphatic rings. The van der Waals surface area contributed by atoms with Crippen LogP contribution in [0.15, 0.2) is 49.6 Å². The molecule has 0 saturated carbocycles. The number of hydrogen-bond donors (Lipinski definition) is 0. The van der Waals surface area contributed by atoms with Crippen molar-refractivity contribution in [2.75, 3.05) is 13.3 Å². The molecule has 27 heavy (non-hydrogen) atoms. The number of fused-ring (bicyclic) bond motifs is 1. The molecule has 0 N–H and O–H groups in total. The van der Waals surface area contributed by atoms with Crippen LogP contribution in [0.4, 0.5) is 0 Å². The van der Waals surface area contributed by atoms with Gasteiger partial charge in [-0.3, -0.25) is 4.99 Å². The molecule has 0 saturated heterocycles. The molecule has 0 bridgehead atoms. The van der Waals surface area contributed by atoms with E-state index in [4.69, 9.17) is 19.6 Å². The Hall–Kier alpha value is -1.90. The van der Waals surface area contributed by atoms with E-state index in [1.807, 2.05) is 29.1 Å². The van der Waals surface area contributed by atoms with Crippen molar-refractivity contribution in [3.63, 3.8) is 0 Å². The highest BCUT2D eigenvalue weighted by Crippen LogP contribution is 2.33. The summed E-state index contributed by atoms with van der Waals surface area (Å²) in [6, 6.07) is 9.97. The Bertz CT molecular complexity index is 1040. The lowest BCUT2D eigenvalue weighted by atomic mass is 10.2. The Balaban J connectivity index is 1.70. The number of ether oxygens (including phenoxy) is 2. The maximum atomic E-state index is 5.45. The molecule has 0 spiro atoms. The van der Waals surface area contributed by atoms with Crippen molar-refractivity contribution in [2.45, 2.75) is 19.8 Å². The predicted octanol–water partition coefficient (Wildman–Crippen LogP) is 5.35. The molecule has 0 atom stereocenters. The van der Waals surface area contributed by atoms with Gasteiger partial charge in [-0.15, -0.1) is 22.7 Å². The van der Waals surface area contributed by atoms with E-state index >= 15 is 0 Å². The highest BCUT2D eigenvalue weighted by atomic mass is 79.9. The minimum absolute atomic E-state index is 0.271. The molecule has 0 unspecified atom stereocenters. The molecule has 1 aliphatic heterocycles. The smallest absolute Gasteiger partial charge is 0.231 e. The van der Waals surface area contributed by atoms with Gasteiger partial charge in [0.25, 0.3) is 0 Å². The van der Waals surface area contributed by atoms with Gasteiger partial charge < -0.3 is 9.47 Å². The zero-order valence-corrected chi connectivity index (χ0v) is 17.9. The van der Waals surface area contributed by atoms with Crippen LogP contribution in [0, 0.1) is 0 Å². The van der Waals surface area contributed by atoms with Crippen molar-refractivity contribution in [2.24, 2.45) is 10.1 Å². The first-order chi connectivity index (χ1) is 13.2. The summed E-state index contributed by atoms with van der Waals surface area (Å²) in [6.07, 6.45) is 4.03. The molecule has 1 aromatic carbocycles. The van der Waals surface area contributed by atoms with Crippen molar-refractivity contribution in [3.8, 4) is 22.1 Å². The topological polar surface area (TPSA) is 48.1 Å². The lowest BCUT2D eigenvalue weighted by molar-refractivity contribution is 0.174. The summed E-state index contributed by atoms with van der Waals surface area (Å²) < 4.78 is 13.8. The van der Waals surface area contributed by atoms with Gasteiger partial charge in [0.15, 0.2) is 11.5 Å². The third-order valence-electron chi connectivity index (χ3n) is 3.99. The van der Waals surface area contributed by atoms with Gasteiger partial charge in [-0.25, -0.2) is 4.68 Å². The van der Waals surface area contributed by atoms with Crippen LogP contribution in [-0.4, -0.2) is 24.2 Å². The quantitative estimate of drug-likeness (QED) is 0.365. The van der Waals surface area contributed by atoms with Crippen LogP contribution in [0.25, 0.3) is 10.6 Å². The molecular weight excluding hydrogens is 446 g/mol. The first-order valence-electron chi connectivity index (χ1n) is 8.65. The second-order valence-corrected chi connectivity index (χ2v) is 9.21. The van der Waals surface area contributed by atoms with Crippen molar-refractivity contribution in [3.05, 3.63) is 49.9 Å². The van der Waals surface area contributed by atoms with Crippen molar-refractivity contribution < 1.29 is 9.47 Å². The first-order valence-corrected chi connectivity index (χ1v) is 11.1. The minimum atomic E-state index is 0.271. The molecule has 0 fully saturated rings. The van der Waals surface area contributed by atoms with E-state index in [0.717, 1.165) is 55.6 Å². The lowest BCUT2D eigenvalue weighted by Gasteiger charge is -2.02. The molecule has 3 aromatic rings. The van der Waals surface area contributed by atoms with E-state index in [9.17, 15) is 0 Å². The third-order valence-corrected chi connectivity index (χ3v) is 6.49. The zero-order valence-electron chi connectivity index (χ0n) is 14.7. The Labute approximate surface area is 173 Å². The molecule has 0 radical (unpaired) electrons. The van der Waals surface area contributed by atoms with Gasteiger partial charge >= 0.3 is 0 Å². The fraction of sp³-hybridized carbons (Fsp3) is 0.263. The number of rotatable bonds is 6. The summed E-state index contributed by atoms with van der Waals surface area (Å²) in [5, 5.41) is 6.84. The molecule has 2 aromatic heterocycles. The number of thiophene rings is 1. The SMILES string of the molecule is CCCCN=c1scc(-c2ccc(Br)s2)n1/N=C/c1ccc2c(c1)OCO2. The Morgan fingerprint density at radius 3 is 2.93 bits per heavy atom. The molecule has 5 nitrogen and oxygen atoms in total. The second-order valence-electron chi connectivity index (χ2n) is 5.91. The Kier molecular flexibility index (Phi) is 5.75. The van der Waals surface area contributed by atoms with Gasteiger partial charge in [-0.05, 0) is 58.2 Å². The van der Waals surface area contributed by atoms with Gasteiger partial charge in [-0.1, -0.05) is 13.3 Å². The van der Waals surface area contributed by atoms with Crippen LogP contribution in [0.1, 0.15) is 25.3 Å². The number of nitrogens with zero attached hydrogens (tertiary/aromatic N) is 3. The molecule has 140 valence electrons. The van der Waals surface area contributed by atoms with E-state index in [1.165, 1.54) is 0 Å². The maximum absolute atomic E-state index is 5.45. The molecule has 3 heterocycles. The van der Waals surface area contributed by atoms with Gasteiger partial charge in [-0.2, -0.15) is 5.10 Å². The van der Waals surface area contributed by atoms with Gasteiger partial charge in [0, 0.05) is 11.9 Å². The first kappa shape index (κ1) is 18.5. The minimum Gasteiger partial charge on any atom is -0.454 e. The average molecular weight is 464 g/mol. The van der Waals surface area contributed by atoms with Crippen molar-refractivity contribution in [1.29, 1.82) is 0 Å². The number of hydrogen-bond acceptors (Lipinski definition) is 6. The fourth-order valence-electron chi connectivity index (χ4n) is 2.59. The van der Waals surface area contributed by atoms with Crippen LogP contribution < -0.4 is 14.3 Å². The summed E-state index contributed by atoms with van der Waals surface area (Å²) in [6.45, 7) is 3.25. The van der Waals surface area contributed by atoms with Crippen LogP contribution in [0.3, 0.4) is 0 Å². The average Bonchev–Trinajstić information content (AvgIpc) is 3.39. The molecule has 0 amide bonds. The molecule has 4 rings (SSSR count). The van der Waals surface area contributed by atoms with Gasteiger partial charge in [0.1, 0.15) is 0 Å². The lowest BCUT2D eigenvalue weighted by Crippen LogP contribution is -2.12. The molecule has 8 heteroatoms. The predicted molar refractivity (Wildman–Crippen MR) is 114 cm³/mol. The number of benzene rings is 1. The fourth-order valence-corrected chi connectivity index (χ4v) is 4.91. The van der Waals surface area contributed by atoms with Crippen molar-refractivity contribution in [1.82, 2.24) is 4.68 Å². The summed E-state index contributed by atoms with van der Waals surface area (Å²) in [5.74, 6) is 1.53. The van der Waals surface area contributed by atoms with E-state index in [2.05, 4.69) is 40.4 Å². The van der Waals surface area contributed by atoms with Crippen LogP contribution in [0.2, 0.25) is 0 Å². The number of unbranched alkanes of at least 4 members (excludes halogenated alkanes) is 1. The van der Waals surface area contributed by atoms with Crippen LogP contribution in [-0.2, 0) is 0 Å². The van der Waals surface area contributed by atoms with E-state index in [0.29, 0.717) is 0 Å².